The van der Waals surface area contributed by atoms with Crippen LogP contribution < -0.4 is 43.4 Å². The molecule has 0 radical (unpaired) electrons. The van der Waals surface area contributed by atoms with E-state index in [-0.39, 0.29) is 18.6 Å². The van der Waals surface area contributed by atoms with Crippen LogP contribution >= 0.6 is 0 Å². The minimum absolute atomic E-state index is 0.322. The Labute approximate surface area is 165 Å². The number of carbonyl (C=O) groups excluding carboxylic acids is 1. The number of benzene rings is 2. The Bertz CT molecular complexity index is 658. The quantitative estimate of drug-likeness (QED) is 0.291. The number of carbonyl (C=O) groups is 1. The number of amides is 2. The van der Waals surface area contributed by atoms with Gasteiger partial charge in [0.1, 0.15) is 12.6 Å². The molecule has 0 aromatic heterocycles. The molecule has 0 fully saturated rings. The molecule has 10 N–H and O–H groups in total. The zero-order chi connectivity index (χ0) is 20.4. The third kappa shape index (κ3) is 7.41. The molecule has 0 saturated carbocycles. The molecule has 0 aliphatic rings. The Kier molecular flexibility index (Phi) is 8.50. The smallest absolute Gasteiger partial charge is 0.323 e. The Morgan fingerprint density at radius 3 is 1.36 bits per heavy atom. The van der Waals surface area contributed by atoms with Gasteiger partial charge in [-0.2, -0.15) is 0 Å². The van der Waals surface area contributed by atoms with E-state index >= 15 is 0 Å². The van der Waals surface area contributed by atoms with Crippen LogP contribution in [-0.2, 0) is 0 Å². The summed E-state index contributed by atoms with van der Waals surface area (Å²) in [4.78, 5) is 12.2. The predicted molar refractivity (Wildman–Crippen MR) is 116 cm³/mol. The van der Waals surface area contributed by atoms with Crippen LogP contribution in [0.25, 0.3) is 0 Å². The lowest BCUT2D eigenvalue weighted by molar-refractivity contribution is 0.262. The number of hydrogen-bond donors (Lipinski definition) is 8. The zero-order valence-electron chi connectivity index (χ0n) is 16.3. The summed E-state index contributed by atoms with van der Waals surface area (Å²) in [5, 5.41) is 17.9. The normalized spacial score (nSPS) is 12.7. The van der Waals surface area contributed by atoms with Gasteiger partial charge in [-0.05, 0) is 61.6 Å². The van der Waals surface area contributed by atoms with Crippen LogP contribution in [0.5, 0.6) is 0 Å². The van der Waals surface area contributed by atoms with Crippen molar-refractivity contribution in [2.45, 2.75) is 26.4 Å². The van der Waals surface area contributed by atoms with Crippen LogP contribution in [0.1, 0.15) is 13.8 Å². The number of urea groups is 1. The maximum atomic E-state index is 12.2. The SMILES string of the molecule is CCNC(N)Nc1ccc(NC(=O)Nc2ccc(NC(N)NCC)cc2)cc1. The molecule has 2 unspecified atom stereocenters. The maximum Gasteiger partial charge on any atom is 0.323 e. The molecule has 0 aliphatic heterocycles. The van der Waals surface area contributed by atoms with Crippen molar-refractivity contribution in [3.8, 4) is 0 Å². The highest BCUT2D eigenvalue weighted by Crippen LogP contribution is 2.16. The zero-order valence-corrected chi connectivity index (χ0v) is 16.3. The molecule has 9 nitrogen and oxygen atoms in total. The molecule has 2 amide bonds. The average molecular weight is 387 g/mol. The van der Waals surface area contributed by atoms with Crippen molar-refractivity contribution in [1.82, 2.24) is 10.6 Å². The molecule has 2 aromatic carbocycles. The fourth-order valence-electron chi connectivity index (χ4n) is 2.49. The van der Waals surface area contributed by atoms with Gasteiger partial charge in [0.25, 0.3) is 0 Å². The van der Waals surface area contributed by atoms with Crippen LogP contribution in [0.3, 0.4) is 0 Å². The van der Waals surface area contributed by atoms with Crippen molar-refractivity contribution in [2.24, 2.45) is 11.5 Å². The predicted octanol–water partition coefficient (Wildman–Crippen LogP) is 1.86. The topological polar surface area (TPSA) is 141 Å². The molecular formula is C19H30N8O. The van der Waals surface area contributed by atoms with E-state index in [9.17, 15) is 4.79 Å². The molecular weight excluding hydrogens is 356 g/mol. The molecule has 2 rings (SSSR count). The molecule has 0 heterocycles. The first kappa shape index (κ1) is 21.5. The lowest BCUT2D eigenvalue weighted by atomic mass is 10.2. The molecule has 2 aromatic rings. The van der Waals surface area contributed by atoms with Crippen LogP contribution in [0.2, 0.25) is 0 Å². The van der Waals surface area contributed by atoms with Crippen LogP contribution in [0.4, 0.5) is 27.5 Å². The van der Waals surface area contributed by atoms with Gasteiger partial charge in [0.05, 0.1) is 0 Å². The molecule has 152 valence electrons. The third-order valence-corrected chi connectivity index (χ3v) is 3.78. The van der Waals surface area contributed by atoms with Gasteiger partial charge in [0, 0.05) is 22.7 Å². The second-order valence-corrected chi connectivity index (χ2v) is 6.09. The lowest BCUT2D eigenvalue weighted by Gasteiger charge is -2.16. The monoisotopic (exact) mass is 386 g/mol. The van der Waals surface area contributed by atoms with Crippen molar-refractivity contribution in [2.75, 3.05) is 34.4 Å². The summed E-state index contributed by atoms with van der Waals surface area (Å²) in [7, 11) is 0. The van der Waals surface area contributed by atoms with E-state index in [1.165, 1.54) is 0 Å². The second-order valence-electron chi connectivity index (χ2n) is 6.09. The Hall–Kier alpha value is -2.85. The minimum atomic E-state index is -0.324. The third-order valence-electron chi connectivity index (χ3n) is 3.78. The number of hydrogen-bond acceptors (Lipinski definition) is 7. The summed E-state index contributed by atoms with van der Waals surface area (Å²) in [6.07, 6.45) is -0.645. The summed E-state index contributed by atoms with van der Waals surface area (Å²) < 4.78 is 0. The van der Waals surface area contributed by atoms with Crippen molar-refractivity contribution < 1.29 is 4.79 Å². The standard InChI is InChI=1S/C19H30N8O/c1-3-22-17(20)24-13-5-9-15(10-6-13)26-19(28)27-16-11-7-14(8-12-16)25-18(21)23-4-2/h5-12,17-18,22-25H,3-4,20-21H2,1-2H3,(H2,26,27,28). The molecule has 0 saturated heterocycles. The van der Waals surface area contributed by atoms with Gasteiger partial charge in [-0.25, -0.2) is 4.79 Å². The van der Waals surface area contributed by atoms with E-state index < -0.39 is 0 Å². The van der Waals surface area contributed by atoms with E-state index in [0.29, 0.717) is 11.4 Å². The van der Waals surface area contributed by atoms with E-state index in [1.807, 2.05) is 38.1 Å². The number of rotatable bonds is 10. The van der Waals surface area contributed by atoms with Gasteiger partial charge >= 0.3 is 6.03 Å². The van der Waals surface area contributed by atoms with E-state index in [1.54, 1.807) is 24.3 Å². The van der Waals surface area contributed by atoms with E-state index in [4.69, 9.17) is 11.5 Å². The minimum Gasteiger partial charge on any atom is -0.358 e. The van der Waals surface area contributed by atoms with Gasteiger partial charge in [0.15, 0.2) is 0 Å². The molecule has 0 aliphatic carbocycles. The first-order valence-corrected chi connectivity index (χ1v) is 9.29. The Balaban J connectivity index is 1.83. The molecule has 2 atom stereocenters. The highest BCUT2D eigenvalue weighted by atomic mass is 16.2. The van der Waals surface area contributed by atoms with E-state index in [0.717, 1.165) is 24.5 Å². The molecule has 9 heteroatoms. The summed E-state index contributed by atoms with van der Waals surface area (Å²) in [6, 6.07) is 14.3. The Morgan fingerprint density at radius 1 is 0.714 bits per heavy atom. The van der Waals surface area contributed by atoms with Gasteiger partial charge in [0.2, 0.25) is 0 Å². The molecule has 0 spiro atoms. The second kappa shape index (κ2) is 11.1. The van der Waals surface area contributed by atoms with E-state index in [2.05, 4.69) is 31.9 Å². The molecule has 28 heavy (non-hydrogen) atoms. The first-order valence-electron chi connectivity index (χ1n) is 9.29. The maximum absolute atomic E-state index is 12.2. The summed E-state index contributed by atoms with van der Waals surface area (Å²) in [5.74, 6) is 0. The highest BCUT2D eigenvalue weighted by molar-refractivity contribution is 5.99. The van der Waals surface area contributed by atoms with Gasteiger partial charge in [-0.1, -0.05) is 13.8 Å². The highest BCUT2D eigenvalue weighted by Gasteiger charge is 2.05. The number of nitrogens with two attached hydrogens (primary N) is 2. The largest absolute Gasteiger partial charge is 0.358 e. The number of nitrogens with one attached hydrogen (secondary N) is 6. The van der Waals surface area contributed by atoms with Crippen molar-refractivity contribution >= 4 is 28.8 Å². The van der Waals surface area contributed by atoms with Crippen LogP contribution in [0, 0.1) is 0 Å². The van der Waals surface area contributed by atoms with Crippen molar-refractivity contribution in [3.05, 3.63) is 48.5 Å². The Morgan fingerprint density at radius 2 is 1.04 bits per heavy atom. The van der Waals surface area contributed by atoms with Crippen molar-refractivity contribution in [1.29, 1.82) is 0 Å². The van der Waals surface area contributed by atoms with Crippen LogP contribution in [-0.4, -0.2) is 31.7 Å². The lowest BCUT2D eigenvalue weighted by Crippen LogP contribution is -2.43. The first-order chi connectivity index (χ1) is 13.5. The van der Waals surface area contributed by atoms with Gasteiger partial charge in [-0.3, -0.25) is 22.1 Å². The molecule has 0 bridgehead atoms. The fraction of sp³-hybridized carbons (Fsp3) is 0.316. The summed E-state index contributed by atoms with van der Waals surface area (Å²) in [6.45, 7) is 5.51. The summed E-state index contributed by atoms with van der Waals surface area (Å²) in [5.41, 5.74) is 14.8. The average Bonchev–Trinajstić information content (AvgIpc) is 2.65. The van der Waals surface area contributed by atoms with Gasteiger partial charge in [-0.15, -0.1) is 0 Å². The van der Waals surface area contributed by atoms with Crippen LogP contribution in [0.15, 0.2) is 48.5 Å². The van der Waals surface area contributed by atoms with Gasteiger partial charge < -0.3 is 21.3 Å². The summed E-state index contributed by atoms with van der Waals surface area (Å²) >= 11 is 0. The van der Waals surface area contributed by atoms with Crippen molar-refractivity contribution in [3.63, 3.8) is 0 Å². The fourth-order valence-corrected chi connectivity index (χ4v) is 2.49. The number of anilines is 4.